The number of nitrogens with zero attached hydrogens (tertiary/aromatic N) is 2. The quantitative estimate of drug-likeness (QED) is 0.497. The monoisotopic (exact) mass is 294 g/mol. The fourth-order valence-corrected chi connectivity index (χ4v) is 2.61. The lowest BCUT2D eigenvalue weighted by Gasteiger charge is -2.05. The highest BCUT2D eigenvalue weighted by molar-refractivity contribution is 7.99. The molecule has 0 saturated heterocycles. The van der Waals surface area contributed by atoms with Crippen molar-refractivity contribution in [2.45, 2.75) is 23.9 Å². The highest BCUT2D eigenvalue weighted by Gasteiger charge is 2.23. The van der Waals surface area contributed by atoms with Crippen LogP contribution in [0, 0.1) is 24.0 Å². The molecule has 0 atom stereocenters. The zero-order valence-electron chi connectivity index (χ0n) is 10.6. The van der Waals surface area contributed by atoms with Crippen LogP contribution in [-0.2, 0) is 0 Å². The van der Waals surface area contributed by atoms with Crippen LogP contribution in [0.25, 0.3) is 0 Å². The largest absolute Gasteiger partial charge is 0.348 e. The molecule has 0 radical (unpaired) electrons. The molecule has 0 bridgehead atoms. The van der Waals surface area contributed by atoms with Crippen LogP contribution in [0.2, 0.25) is 0 Å². The van der Waals surface area contributed by atoms with Crippen LogP contribution < -0.4 is 11.1 Å². The summed E-state index contributed by atoms with van der Waals surface area (Å²) in [7, 11) is 0. The third-order valence-electron chi connectivity index (χ3n) is 2.44. The maximum Gasteiger partial charge on any atom is 0.348 e. The van der Waals surface area contributed by atoms with E-state index in [-0.39, 0.29) is 15.6 Å². The molecule has 9 heteroatoms. The molecule has 2 heterocycles. The van der Waals surface area contributed by atoms with Gasteiger partial charge in [0.2, 0.25) is 0 Å². The van der Waals surface area contributed by atoms with Crippen molar-refractivity contribution in [2.24, 2.45) is 0 Å². The summed E-state index contributed by atoms with van der Waals surface area (Å²) in [5.41, 5.74) is -0.700. The molecule has 0 aliphatic rings. The second-order valence-corrected chi connectivity index (χ2v) is 5.03. The van der Waals surface area contributed by atoms with Crippen LogP contribution in [0.1, 0.15) is 11.3 Å². The minimum atomic E-state index is -0.793. The van der Waals surface area contributed by atoms with Gasteiger partial charge in [0.25, 0.3) is 5.56 Å². The van der Waals surface area contributed by atoms with E-state index >= 15 is 0 Å². The Balaban J connectivity index is 2.58. The standard InChI is InChI=1S/C11H10N4O4S/c1-5-4-12-10(17)8(15(18)19)9(5)20-11-13-6(2)3-7(16)14-11/h3-4H,1-2H3,(H,12,17)(H,13,14,16). The lowest BCUT2D eigenvalue weighted by molar-refractivity contribution is -0.389. The fraction of sp³-hybridized carbons (Fsp3) is 0.182. The van der Waals surface area contributed by atoms with Gasteiger partial charge in [-0.1, -0.05) is 0 Å². The summed E-state index contributed by atoms with van der Waals surface area (Å²) in [5.74, 6) is 0. The summed E-state index contributed by atoms with van der Waals surface area (Å²) in [5, 5.41) is 11.2. The first-order valence-corrected chi connectivity index (χ1v) is 6.32. The summed E-state index contributed by atoms with van der Waals surface area (Å²) >= 11 is 0.883. The lowest BCUT2D eigenvalue weighted by Crippen LogP contribution is -2.14. The van der Waals surface area contributed by atoms with Crippen LogP contribution in [-0.4, -0.2) is 19.9 Å². The van der Waals surface area contributed by atoms with E-state index in [1.165, 1.54) is 12.3 Å². The van der Waals surface area contributed by atoms with Crippen LogP contribution in [0.15, 0.2) is 31.9 Å². The molecule has 0 fully saturated rings. The first-order chi connectivity index (χ1) is 9.38. The van der Waals surface area contributed by atoms with Crippen LogP contribution in [0.4, 0.5) is 5.69 Å². The average molecular weight is 294 g/mol. The lowest BCUT2D eigenvalue weighted by atomic mass is 10.3. The number of H-pyrrole nitrogens is 2. The smallest absolute Gasteiger partial charge is 0.323 e. The number of nitrogens with one attached hydrogen (secondary N) is 2. The van der Waals surface area contributed by atoms with Crippen molar-refractivity contribution in [1.29, 1.82) is 0 Å². The highest BCUT2D eigenvalue weighted by Crippen LogP contribution is 2.32. The Hall–Kier alpha value is -2.42. The van der Waals surface area contributed by atoms with Crippen LogP contribution >= 0.6 is 11.8 Å². The van der Waals surface area contributed by atoms with Crippen molar-refractivity contribution in [2.75, 3.05) is 0 Å². The van der Waals surface area contributed by atoms with Crippen molar-refractivity contribution >= 4 is 17.4 Å². The van der Waals surface area contributed by atoms with Crippen molar-refractivity contribution in [1.82, 2.24) is 15.0 Å². The van der Waals surface area contributed by atoms with Gasteiger partial charge in [0.15, 0.2) is 5.16 Å². The van der Waals surface area contributed by atoms with Crippen LogP contribution in [0.3, 0.4) is 0 Å². The number of nitro groups is 1. The number of aryl methyl sites for hydroxylation is 2. The van der Waals surface area contributed by atoms with E-state index in [0.29, 0.717) is 11.3 Å². The van der Waals surface area contributed by atoms with Crippen molar-refractivity contribution < 1.29 is 4.92 Å². The first kappa shape index (κ1) is 14.0. The van der Waals surface area contributed by atoms with E-state index in [9.17, 15) is 19.7 Å². The average Bonchev–Trinajstić information content (AvgIpc) is 2.32. The third-order valence-corrected chi connectivity index (χ3v) is 3.54. The van der Waals surface area contributed by atoms with Gasteiger partial charge in [0.1, 0.15) is 4.90 Å². The molecule has 2 rings (SSSR count). The first-order valence-electron chi connectivity index (χ1n) is 5.51. The van der Waals surface area contributed by atoms with E-state index < -0.39 is 16.2 Å². The van der Waals surface area contributed by atoms with Gasteiger partial charge in [-0.15, -0.1) is 0 Å². The SMILES string of the molecule is Cc1cc(=O)[nH]c(Sc2c(C)c[nH]c(=O)c2[N+](=O)[O-])n1. The molecule has 20 heavy (non-hydrogen) atoms. The van der Waals surface area contributed by atoms with Gasteiger partial charge in [0, 0.05) is 18.0 Å². The Bertz CT molecular complexity index is 796. The third kappa shape index (κ3) is 2.77. The number of hydrogen-bond donors (Lipinski definition) is 2. The van der Waals surface area contributed by atoms with Gasteiger partial charge in [0.05, 0.1) is 4.92 Å². The molecule has 0 spiro atoms. The molecule has 8 nitrogen and oxygen atoms in total. The molecule has 0 saturated carbocycles. The number of hydrogen-bond acceptors (Lipinski definition) is 6. The summed E-state index contributed by atoms with van der Waals surface area (Å²) in [4.78, 5) is 42.2. The Labute approximate surface area is 116 Å². The van der Waals surface area contributed by atoms with Gasteiger partial charge in [-0.2, -0.15) is 0 Å². The molecule has 0 amide bonds. The van der Waals surface area contributed by atoms with Crippen molar-refractivity contribution in [3.05, 3.63) is 54.3 Å². The van der Waals surface area contributed by atoms with Crippen molar-refractivity contribution in [3.8, 4) is 0 Å². The Morgan fingerprint density at radius 2 is 2.05 bits per heavy atom. The summed E-state index contributed by atoms with van der Waals surface area (Å²) in [6.07, 6.45) is 1.38. The summed E-state index contributed by atoms with van der Waals surface area (Å²) in [6, 6.07) is 1.31. The Morgan fingerprint density at radius 3 is 2.65 bits per heavy atom. The maximum atomic E-state index is 11.6. The van der Waals surface area contributed by atoms with Gasteiger partial charge in [-0.3, -0.25) is 19.7 Å². The molecule has 0 aliphatic heterocycles. The zero-order chi connectivity index (χ0) is 14.9. The second kappa shape index (κ2) is 5.29. The molecule has 0 aromatic carbocycles. The van der Waals surface area contributed by atoms with Gasteiger partial charge in [-0.25, -0.2) is 4.98 Å². The second-order valence-electron chi connectivity index (χ2n) is 4.03. The Morgan fingerprint density at radius 1 is 1.35 bits per heavy atom. The molecule has 0 unspecified atom stereocenters. The summed E-state index contributed by atoms with van der Waals surface area (Å²) in [6.45, 7) is 3.26. The van der Waals surface area contributed by atoms with E-state index in [1.807, 2.05) is 0 Å². The number of aromatic amines is 2. The van der Waals surface area contributed by atoms with E-state index in [2.05, 4.69) is 15.0 Å². The molecule has 0 aliphatic carbocycles. The molecular formula is C11H10N4O4S. The minimum absolute atomic E-state index is 0.160. The maximum absolute atomic E-state index is 11.6. The van der Waals surface area contributed by atoms with Gasteiger partial charge in [-0.05, 0) is 31.2 Å². The van der Waals surface area contributed by atoms with E-state index in [1.54, 1.807) is 13.8 Å². The highest BCUT2D eigenvalue weighted by atomic mass is 32.2. The van der Waals surface area contributed by atoms with E-state index in [0.717, 1.165) is 11.8 Å². The number of pyridine rings is 1. The molecule has 2 N–H and O–H groups in total. The molecule has 2 aromatic rings. The van der Waals surface area contributed by atoms with Gasteiger partial charge >= 0.3 is 11.2 Å². The topological polar surface area (TPSA) is 122 Å². The number of rotatable bonds is 3. The van der Waals surface area contributed by atoms with Crippen molar-refractivity contribution in [3.63, 3.8) is 0 Å². The molecule has 104 valence electrons. The predicted molar refractivity (Wildman–Crippen MR) is 72.2 cm³/mol. The minimum Gasteiger partial charge on any atom is -0.323 e. The fourth-order valence-electron chi connectivity index (χ4n) is 1.59. The predicted octanol–water partition coefficient (Wildman–Crippen LogP) is 1.13. The van der Waals surface area contributed by atoms with E-state index in [4.69, 9.17) is 0 Å². The molecule has 2 aromatic heterocycles. The van der Waals surface area contributed by atoms with Crippen LogP contribution in [0.5, 0.6) is 0 Å². The normalized spacial score (nSPS) is 10.5. The number of aromatic nitrogens is 3. The zero-order valence-corrected chi connectivity index (χ0v) is 11.4. The Kier molecular flexibility index (Phi) is 3.70. The molecular weight excluding hydrogens is 284 g/mol. The summed E-state index contributed by atoms with van der Waals surface area (Å²) < 4.78 is 0. The van der Waals surface area contributed by atoms with Gasteiger partial charge < -0.3 is 9.97 Å².